The van der Waals surface area contributed by atoms with Gasteiger partial charge in [-0.25, -0.2) is 4.79 Å². The summed E-state index contributed by atoms with van der Waals surface area (Å²) >= 11 is 0. The van der Waals surface area contributed by atoms with Crippen LogP contribution in [0.1, 0.15) is 34.1 Å². The van der Waals surface area contributed by atoms with E-state index in [4.69, 9.17) is 4.74 Å². The maximum Gasteiger partial charge on any atom is 0.332 e. The molecule has 0 spiro atoms. The Kier molecular flexibility index (Phi) is 3.09. The molecule has 0 aliphatic carbocycles. The van der Waals surface area contributed by atoms with E-state index in [1.54, 1.807) is 0 Å². The topological polar surface area (TPSA) is 58.6 Å². The Hall–Kier alpha value is -1.55. The molecule has 1 aliphatic heterocycles. The first-order valence-corrected chi connectivity index (χ1v) is 6.45. The molecule has 0 amide bonds. The molecule has 0 aromatic heterocycles. The van der Waals surface area contributed by atoms with Crippen molar-refractivity contribution in [2.75, 3.05) is 5.32 Å². The summed E-state index contributed by atoms with van der Waals surface area (Å²) in [5, 5.41) is 12.9. The highest BCUT2D eigenvalue weighted by Gasteiger charge is 2.62. The van der Waals surface area contributed by atoms with Gasteiger partial charge in [0.2, 0.25) is 0 Å². The van der Waals surface area contributed by atoms with Crippen LogP contribution in [0.2, 0.25) is 0 Å². The molecule has 1 aliphatic rings. The first kappa shape index (κ1) is 13.9. The van der Waals surface area contributed by atoms with Gasteiger partial charge in [0.1, 0.15) is 0 Å². The highest BCUT2D eigenvalue weighted by atomic mass is 16.5. The number of carboxylic acid groups (broad SMARTS) is 1. The van der Waals surface area contributed by atoms with Crippen LogP contribution in [-0.4, -0.2) is 27.8 Å². The maximum atomic E-state index is 11.9. The molecular formula is C15H21NO3. The Morgan fingerprint density at radius 3 is 2.21 bits per heavy atom. The molecule has 0 saturated carbocycles. The lowest BCUT2D eigenvalue weighted by Gasteiger charge is -2.37. The lowest BCUT2D eigenvalue weighted by Crippen LogP contribution is -2.58. The van der Waals surface area contributed by atoms with Crippen LogP contribution < -0.4 is 5.32 Å². The summed E-state index contributed by atoms with van der Waals surface area (Å²) in [6.45, 7) is 7.50. The monoisotopic (exact) mass is 263 g/mol. The molecule has 2 N–H and O–H groups in total. The number of ether oxygens (including phenoxy) is 1. The van der Waals surface area contributed by atoms with E-state index in [-0.39, 0.29) is 0 Å². The van der Waals surface area contributed by atoms with E-state index in [0.717, 1.165) is 5.69 Å². The zero-order valence-electron chi connectivity index (χ0n) is 11.9. The van der Waals surface area contributed by atoms with Gasteiger partial charge in [0.05, 0.1) is 11.2 Å². The zero-order valence-corrected chi connectivity index (χ0v) is 11.9. The number of para-hydroxylation sites is 1. The van der Waals surface area contributed by atoms with Crippen molar-refractivity contribution in [2.24, 2.45) is 0 Å². The summed E-state index contributed by atoms with van der Waals surface area (Å²) < 4.78 is 5.94. The standard InChI is InChI=1S/C15H21NO3/c1-13(2)10-15(12(17)18,14(3,4)19-13)16-11-8-6-5-7-9-11/h5-9,16H,10H2,1-4H3,(H,17,18). The Bertz CT molecular complexity index is 481. The summed E-state index contributed by atoms with van der Waals surface area (Å²) in [5.41, 5.74) is -1.60. The summed E-state index contributed by atoms with van der Waals surface area (Å²) in [4.78, 5) is 11.9. The third-order valence-corrected chi connectivity index (χ3v) is 3.75. The zero-order chi connectivity index (χ0) is 14.3. The first-order valence-electron chi connectivity index (χ1n) is 6.45. The lowest BCUT2D eigenvalue weighted by molar-refractivity contribution is -0.149. The van der Waals surface area contributed by atoms with Crippen LogP contribution in [0.25, 0.3) is 0 Å². The number of rotatable bonds is 3. The van der Waals surface area contributed by atoms with Crippen LogP contribution in [0.4, 0.5) is 5.69 Å². The minimum atomic E-state index is -1.13. The van der Waals surface area contributed by atoms with E-state index in [1.807, 2.05) is 58.0 Å². The molecule has 1 saturated heterocycles. The van der Waals surface area contributed by atoms with Gasteiger partial charge in [-0.2, -0.15) is 0 Å². The number of carboxylic acids is 1. The Labute approximate surface area is 113 Å². The fourth-order valence-electron chi connectivity index (χ4n) is 3.01. The Morgan fingerprint density at radius 2 is 1.79 bits per heavy atom. The molecule has 1 fully saturated rings. The van der Waals surface area contributed by atoms with E-state index in [2.05, 4.69) is 5.32 Å². The number of hydrogen-bond donors (Lipinski definition) is 2. The van der Waals surface area contributed by atoms with Crippen molar-refractivity contribution in [3.63, 3.8) is 0 Å². The molecule has 1 aromatic carbocycles. The molecule has 0 bridgehead atoms. The first-order chi connectivity index (χ1) is 8.69. The molecule has 2 rings (SSSR count). The van der Waals surface area contributed by atoms with Gasteiger partial charge in [-0.3, -0.25) is 0 Å². The van der Waals surface area contributed by atoms with Crippen LogP contribution in [0.15, 0.2) is 30.3 Å². The number of aliphatic carboxylic acids is 1. The van der Waals surface area contributed by atoms with Crippen LogP contribution in [-0.2, 0) is 9.53 Å². The van der Waals surface area contributed by atoms with Crippen molar-refractivity contribution < 1.29 is 14.6 Å². The van der Waals surface area contributed by atoms with Gasteiger partial charge >= 0.3 is 5.97 Å². The molecule has 4 nitrogen and oxygen atoms in total. The van der Waals surface area contributed by atoms with Crippen LogP contribution in [0.5, 0.6) is 0 Å². The lowest BCUT2D eigenvalue weighted by atomic mass is 9.78. The number of benzene rings is 1. The Balaban J connectivity index is 2.42. The van der Waals surface area contributed by atoms with Crippen LogP contribution >= 0.6 is 0 Å². The van der Waals surface area contributed by atoms with Gasteiger partial charge in [-0.05, 0) is 39.8 Å². The average molecular weight is 263 g/mol. The fourth-order valence-corrected chi connectivity index (χ4v) is 3.01. The summed E-state index contributed by atoms with van der Waals surface area (Å²) in [7, 11) is 0. The average Bonchev–Trinajstić information content (AvgIpc) is 2.45. The highest BCUT2D eigenvalue weighted by Crippen LogP contribution is 2.46. The molecule has 1 aromatic rings. The van der Waals surface area contributed by atoms with E-state index in [0.29, 0.717) is 6.42 Å². The number of carbonyl (C=O) groups is 1. The second-order valence-corrected chi connectivity index (χ2v) is 6.25. The number of hydrogen-bond acceptors (Lipinski definition) is 3. The molecule has 1 atom stereocenters. The molecule has 0 radical (unpaired) electrons. The summed E-state index contributed by atoms with van der Waals surface area (Å²) in [5.74, 6) is -0.882. The third-order valence-electron chi connectivity index (χ3n) is 3.75. The van der Waals surface area contributed by atoms with Gasteiger partial charge in [-0.15, -0.1) is 0 Å². The summed E-state index contributed by atoms with van der Waals surface area (Å²) in [6, 6.07) is 9.40. The molecule has 1 unspecified atom stereocenters. The highest BCUT2D eigenvalue weighted by molar-refractivity contribution is 5.85. The Morgan fingerprint density at radius 1 is 1.21 bits per heavy atom. The van der Waals surface area contributed by atoms with E-state index < -0.39 is 22.7 Å². The van der Waals surface area contributed by atoms with Gasteiger partial charge in [0.25, 0.3) is 0 Å². The van der Waals surface area contributed by atoms with Crippen molar-refractivity contribution >= 4 is 11.7 Å². The van der Waals surface area contributed by atoms with E-state index >= 15 is 0 Å². The predicted octanol–water partition coefficient (Wildman–Crippen LogP) is 2.90. The van der Waals surface area contributed by atoms with Crippen molar-refractivity contribution in [1.29, 1.82) is 0 Å². The second-order valence-electron chi connectivity index (χ2n) is 6.25. The summed E-state index contributed by atoms with van der Waals surface area (Å²) in [6.07, 6.45) is 0.414. The van der Waals surface area contributed by atoms with Crippen molar-refractivity contribution in [1.82, 2.24) is 0 Å². The van der Waals surface area contributed by atoms with E-state index in [1.165, 1.54) is 0 Å². The second kappa shape index (κ2) is 4.23. The maximum absolute atomic E-state index is 11.9. The van der Waals surface area contributed by atoms with Crippen LogP contribution in [0.3, 0.4) is 0 Å². The minimum Gasteiger partial charge on any atom is -0.479 e. The normalized spacial score (nSPS) is 28.0. The molecule has 1 heterocycles. The van der Waals surface area contributed by atoms with Crippen molar-refractivity contribution in [3.8, 4) is 0 Å². The molecule has 4 heteroatoms. The minimum absolute atomic E-state index is 0.414. The molecule has 19 heavy (non-hydrogen) atoms. The van der Waals surface area contributed by atoms with Gasteiger partial charge in [0.15, 0.2) is 5.54 Å². The number of nitrogens with one attached hydrogen (secondary N) is 1. The molecule has 104 valence electrons. The van der Waals surface area contributed by atoms with Crippen molar-refractivity contribution in [3.05, 3.63) is 30.3 Å². The predicted molar refractivity (Wildman–Crippen MR) is 74.3 cm³/mol. The van der Waals surface area contributed by atoms with Gasteiger partial charge in [0, 0.05) is 12.1 Å². The van der Waals surface area contributed by atoms with Gasteiger partial charge < -0.3 is 15.2 Å². The fraction of sp³-hybridized carbons (Fsp3) is 0.533. The third kappa shape index (κ3) is 2.32. The quantitative estimate of drug-likeness (QED) is 0.880. The molecular weight excluding hydrogens is 242 g/mol. The largest absolute Gasteiger partial charge is 0.479 e. The smallest absolute Gasteiger partial charge is 0.332 e. The van der Waals surface area contributed by atoms with E-state index in [9.17, 15) is 9.90 Å². The van der Waals surface area contributed by atoms with Crippen LogP contribution in [0, 0.1) is 0 Å². The SMILES string of the molecule is CC1(C)CC(Nc2ccccc2)(C(=O)O)C(C)(C)O1. The van der Waals surface area contributed by atoms with Crippen molar-refractivity contribution in [2.45, 2.75) is 50.9 Å². The van der Waals surface area contributed by atoms with Gasteiger partial charge in [-0.1, -0.05) is 18.2 Å². The number of anilines is 1.